The Morgan fingerprint density at radius 1 is 1.05 bits per heavy atom. The van der Waals surface area contributed by atoms with Gasteiger partial charge in [-0.25, -0.2) is 8.42 Å². The molecule has 0 aliphatic rings. The van der Waals surface area contributed by atoms with Crippen LogP contribution >= 0.6 is 23.2 Å². The summed E-state index contributed by atoms with van der Waals surface area (Å²) in [5.74, 6) is 0.274. The number of carboxylic acids is 1. The van der Waals surface area contributed by atoms with Gasteiger partial charge in [-0.2, -0.15) is 4.98 Å². The van der Waals surface area contributed by atoms with Gasteiger partial charge in [0.1, 0.15) is 4.90 Å². The summed E-state index contributed by atoms with van der Waals surface area (Å²) in [6.07, 6.45) is 0.346. The molecule has 0 amide bonds. The van der Waals surface area contributed by atoms with Crippen molar-refractivity contribution >= 4 is 44.9 Å². The number of carboxylic acid groups (broad SMARTS) is 1. The molecule has 0 saturated carbocycles. The molecule has 0 bridgehead atoms. The molecule has 0 unspecified atom stereocenters. The van der Waals surface area contributed by atoms with Gasteiger partial charge in [-0.3, -0.25) is 9.52 Å². The minimum atomic E-state index is -4.19. The predicted molar refractivity (Wildman–Crippen MR) is 141 cm³/mol. The van der Waals surface area contributed by atoms with E-state index in [4.69, 9.17) is 42.3 Å². The molecule has 0 aliphatic carbocycles. The highest BCUT2D eigenvalue weighted by atomic mass is 35.5. The molecule has 4 rings (SSSR count). The first-order chi connectivity index (χ1) is 18.1. The summed E-state index contributed by atoms with van der Waals surface area (Å²) in [4.78, 5) is 15.2. The van der Waals surface area contributed by atoms with Gasteiger partial charge in [0.15, 0.2) is 23.1 Å². The van der Waals surface area contributed by atoms with Crippen molar-refractivity contribution in [1.29, 1.82) is 0 Å². The number of benzene rings is 3. The number of rotatable bonds is 10. The van der Waals surface area contributed by atoms with Crippen LogP contribution in [0, 0.1) is 0 Å². The Bertz CT molecular complexity index is 1610. The second kappa shape index (κ2) is 11.3. The summed E-state index contributed by atoms with van der Waals surface area (Å²) in [6, 6.07) is 13.3. The minimum Gasteiger partial charge on any atom is -0.493 e. The summed E-state index contributed by atoms with van der Waals surface area (Å²) < 4.78 is 45.7. The number of anilines is 1. The smallest absolute Gasteiger partial charge is 0.307 e. The first-order valence-electron chi connectivity index (χ1n) is 11.1. The second-order valence-electron chi connectivity index (χ2n) is 7.92. The number of carbonyl (C=O) groups is 1. The lowest BCUT2D eigenvalue weighted by Gasteiger charge is -2.17. The van der Waals surface area contributed by atoms with Crippen LogP contribution in [0.3, 0.4) is 0 Å². The maximum absolute atomic E-state index is 13.3. The van der Waals surface area contributed by atoms with Gasteiger partial charge in [0.25, 0.3) is 15.9 Å². The number of methoxy groups -OCH3 is 1. The van der Waals surface area contributed by atoms with Crippen molar-refractivity contribution in [2.45, 2.75) is 24.7 Å². The molecule has 1 heterocycles. The van der Waals surface area contributed by atoms with Crippen LogP contribution in [0.25, 0.3) is 11.5 Å². The number of ether oxygens (including phenoxy) is 2. The minimum absolute atomic E-state index is 0.0430. The Kier molecular flexibility index (Phi) is 8.10. The van der Waals surface area contributed by atoms with E-state index in [1.54, 1.807) is 12.1 Å². The lowest BCUT2D eigenvalue weighted by molar-refractivity contribution is -0.136. The van der Waals surface area contributed by atoms with Crippen molar-refractivity contribution in [1.82, 2.24) is 10.1 Å². The molecule has 2 N–H and O–H groups in total. The van der Waals surface area contributed by atoms with Gasteiger partial charge < -0.3 is 19.1 Å². The molecule has 10 nitrogen and oxygen atoms in total. The van der Waals surface area contributed by atoms with Crippen molar-refractivity contribution in [2.24, 2.45) is 0 Å². The third kappa shape index (κ3) is 6.18. The molecule has 198 valence electrons. The highest BCUT2D eigenvalue weighted by molar-refractivity contribution is 7.92. The summed E-state index contributed by atoms with van der Waals surface area (Å²) in [5.41, 5.74) is 0.980. The summed E-state index contributed by atoms with van der Waals surface area (Å²) >= 11 is 12.1. The van der Waals surface area contributed by atoms with Crippen LogP contribution in [0.4, 0.5) is 5.69 Å². The van der Waals surface area contributed by atoms with Crippen molar-refractivity contribution in [2.75, 3.05) is 11.8 Å². The summed E-state index contributed by atoms with van der Waals surface area (Å²) in [6.45, 7) is 1.87. The number of aliphatic carboxylic acids is 1. The Hall–Kier alpha value is -3.80. The Balaban J connectivity index is 1.77. The van der Waals surface area contributed by atoms with Gasteiger partial charge in [-0.15, -0.1) is 0 Å². The number of aryl methyl sites for hydroxylation is 1. The number of nitrogens with zero attached hydrogens (tertiary/aromatic N) is 2. The Morgan fingerprint density at radius 2 is 1.82 bits per heavy atom. The third-order valence-electron chi connectivity index (χ3n) is 5.24. The first-order valence-corrected chi connectivity index (χ1v) is 13.3. The van der Waals surface area contributed by atoms with Crippen LogP contribution < -0.4 is 14.2 Å². The van der Waals surface area contributed by atoms with Crippen LogP contribution in [0.1, 0.15) is 18.3 Å². The van der Waals surface area contributed by atoms with E-state index in [0.29, 0.717) is 23.4 Å². The molecule has 0 spiro atoms. The molecule has 1 aromatic heterocycles. The SMILES string of the molecule is CCc1noc(-c2ccc(Oc3ccc(CC(=O)O)cc3OC)c(NS(=O)(=O)c3ccc(Cl)cc3Cl)c2)n1. The van der Waals surface area contributed by atoms with Gasteiger partial charge >= 0.3 is 5.97 Å². The number of nitrogens with one attached hydrogen (secondary N) is 1. The van der Waals surface area contributed by atoms with Crippen molar-refractivity contribution < 1.29 is 32.3 Å². The molecule has 13 heteroatoms. The molecule has 0 radical (unpaired) electrons. The van der Waals surface area contributed by atoms with Crippen LogP contribution in [0.5, 0.6) is 17.2 Å². The Labute approximate surface area is 228 Å². The van der Waals surface area contributed by atoms with Gasteiger partial charge in [0, 0.05) is 17.0 Å². The molecule has 38 heavy (non-hydrogen) atoms. The van der Waals surface area contributed by atoms with E-state index in [2.05, 4.69) is 14.9 Å². The zero-order chi connectivity index (χ0) is 27.4. The van der Waals surface area contributed by atoms with E-state index in [1.165, 1.54) is 49.6 Å². The second-order valence-corrected chi connectivity index (χ2v) is 10.4. The number of halogens is 2. The highest BCUT2D eigenvalue weighted by Crippen LogP contribution is 2.39. The zero-order valence-corrected chi connectivity index (χ0v) is 22.4. The lowest BCUT2D eigenvalue weighted by Crippen LogP contribution is -2.14. The summed E-state index contributed by atoms with van der Waals surface area (Å²) in [7, 11) is -2.79. The molecular formula is C25H21Cl2N3O7S. The molecule has 0 fully saturated rings. The third-order valence-corrected chi connectivity index (χ3v) is 7.33. The van der Waals surface area contributed by atoms with E-state index >= 15 is 0 Å². The lowest BCUT2D eigenvalue weighted by atomic mass is 10.1. The Morgan fingerprint density at radius 3 is 2.47 bits per heavy atom. The average molecular weight is 578 g/mol. The normalized spacial score (nSPS) is 11.3. The number of sulfonamides is 1. The quantitative estimate of drug-likeness (QED) is 0.238. The monoisotopic (exact) mass is 577 g/mol. The van der Waals surface area contributed by atoms with Gasteiger partial charge in [0.2, 0.25) is 0 Å². The fourth-order valence-corrected chi connectivity index (χ4v) is 5.27. The zero-order valence-electron chi connectivity index (χ0n) is 20.1. The average Bonchev–Trinajstić information content (AvgIpc) is 3.34. The first kappa shape index (κ1) is 27.2. The van der Waals surface area contributed by atoms with Crippen LogP contribution in [0.15, 0.2) is 64.0 Å². The number of hydrogen-bond donors (Lipinski definition) is 2. The predicted octanol–water partition coefficient (Wildman–Crippen LogP) is 5.83. The fourth-order valence-electron chi connectivity index (χ4n) is 3.44. The maximum atomic E-state index is 13.3. The number of hydrogen-bond acceptors (Lipinski definition) is 8. The van der Waals surface area contributed by atoms with Crippen LogP contribution in [-0.2, 0) is 27.7 Å². The molecule has 4 aromatic rings. The summed E-state index contributed by atoms with van der Waals surface area (Å²) in [5, 5.41) is 13.2. The largest absolute Gasteiger partial charge is 0.493 e. The molecule has 0 saturated heterocycles. The topological polar surface area (TPSA) is 141 Å². The molecular weight excluding hydrogens is 557 g/mol. The van der Waals surface area contributed by atoms with E-state index < -0.39 is 16.0 Å². The van der Waals surface area contributed by atoms with E-state index in [1.807, 2.05) is 6.92 Å². The van der Waals surface area contributed by atoms with Crippen molar-refractivity contribution in [3.05, 3.63) is 76.0 Å². The van der Waals surface area contributed by atoms with Crippen molar-refractivity contribution in [3.63, 3.8) is 0 Å². The van der Waals surface area contributed by atoms with Gasteiger partial charge in [-0.05, 0) is 54.1 Å². The maximum Gasteiger partial charge on any atom is 0.307 e. The van der Waals surface area contributed by atoms with E-state index in [-0.39, 0.29) is 50.2 Å². The number of aromatic nitrogens is 2. The van der Waals surface area contributed by atoms with Crippen molar-refractivity contribution in [3.8, 4) is 28.7 Å². The fraction of sp³-hybridized carbons (Fsp3) is 0.160. The van der Waals surface area contributed by atoms with Crippen LogP contribution in [0.2, 0.25) is 10.0 Å². The molecule has 0 atom stereocenters. The molecule has 3 aromatic carbocycles. The van der Waals surface area contributed by atoms with E-state index in [0.717, 1.165) is 0 Å². The van der Waals surface area contributed by atoms with Gasteiger partial charge in [-0.1, -0.05) is 41.3 Å². The van der Waals surface area contributed by atoms with E-state index in [9.17, 15) is 13.2 Å². The highest BCUT2D eigenvalue weighted by Gasteiger charge is 2.22. The molecule has 0 aliphatic heterocycles. The van der Waals surface area contributed by atoms with Gasteiger partial charge in [0.05, 0.1) is 24.2 Å². The standard InChI is InChI=1S/C25H21Cl2N3O7S/c1-3-23-28-25(37-29-23)15-5-8-19(36-20-7-4-14(11-24(31)32)10-21(20)35-2)18(12-15)30-38(33,34)22-9-6-16(26)13-17(22)27/h4-10,12-13,30H,3,11H2,1-2H3,(H,31,32). The van der Waals surface area contributed by atoms with Crippen LogP contribution in [-0.4, -0.2) is 36.7 Å².